The van der Waals surface area contributed by atoms with Gasteiger partial charge in [-0.15, -0.1) is 0 Å². The van der Waals surface area contributed by atoms with Crippen molar-refractivity contribution in [3.63, 3.8) is 0 Å². The van der Waals surface area contributed by atoms with Crippen molar-refractivity contribution in [2.24, 2.45) is 33.8 Å². The minimum absolute atomic E-state index is 0.0547. The van der Waals surface area contributed by atoms with Gasteiger partial charge in [0.1, 0.15) is 12.1 Å². The topological polar surface area (TPSA) is 278 Å². The molecule has 0 rings (SSSR count). The van der Waals surface area contributed by atoms with Crippen LogP contribution in [0.3, 0.4) is 0 Å². The first-order valence-corrected chi connectivity index (χ1v) is 11.1. The van der Waals surface area contributed by atoms with Crippen LogP contribution in [0, 0.1) is 5.92 Å². The quantitative estimate of drug-likeness (QED) is 0.0563. The summed E-state index contributed by atoms with van der Waals surface area (Å²) in [5.41, 5.74) is 21.6. The summed E-state index contributed by atoms with van der Waals surface area (Å²) in [6, 6.07) is -5.33. The lowest BCUT2D eigenvalue weighted by molar-refractivity contribution is -0.145. The molecular formula is C20H38N8O7. The molecule has 13 N–H and O–H groups in total. The zero-order valence-corrected chi connectivity index (χ0v) is 20.2. The Balaban J connectivity index is 5.62. The number of hydrogen-bond acceptors (Lipinski definition) is 8. The lowest BCUT2D eigenvalue weighted by Gasteiger charge is -2.25. The molecule has 15 heteroatoms. The van der Waals surface area contributed by atoms with Crippen molar-refractivity contribution in [1.29, 1.82) is 0 Å². The second-order valence-electron chi connectivity index (χ2n) is 8.54. The number of nitrogens with zero attached hydrogens (tertiary/aromatic N) is 1. The van der Waals surface area contributed by atoms with Crippen LogP contribution in [0.4, 0.5) is 0 Å². The van der Waals surface area contributed by atoms with Crippen LogP contribution in [-0.4, -0.2) is 82.6 Å². The number of nitrogens with one attached hydrogen (secondary N) is 3. The molecule has 0 aromatic rings. The van der Waals surface area contributed by atoms with Crippen molar-refractivity contribution in [2.75, 3.05) is 6.54 Å². The molecule has 0 aliphatic rings. The molecule has 35 heavy (non-hydrogen) atoms. The largest absolute Gasteiger partial charge is 0.480 e. The van der Waals surface area contributed by atoms with Gasteiger partial charge in [0, 0.05) is 6.54 Å². The lowest BCUT2D eigenvalue weighted by Crippen LogP contribution is -2.59. The minimum atomic E-state index is -1.70. The van der Waals surface area contributed by atoms with Crippen molar-refractivity contribution in [3.05, 3.63) is 0 Å². The number of carboxylic acid groups (broad SMARTS) is 1. The number of amides is 4. The molecular weight excluding hydrogens is 464 g/mol. The predicted octanol–water partition coefficient (Wildman–Crippen LogP) is -3.79. The van der Waals surface area contributed by atoms with Crippen LogP contribution >= 0.6 is 0 Å². The van der Waals surface area contributed by atoms with E-state index < -0.39 is 66.3 Å². The van der Waals surface area contributed by atoms with E-state index in [0.717, 1.165) is 6.92 Å². The van der Waals surface area contributed by atoms with Gasteiger partial charge in [0.2, 0.25) is 23.6 Å². The smallest absolute Gasteiger partial charge is 0.328 e. The van der Waals surface area contributed by atoms with Crippen LogP contribution < -0.4 is 38.9 Å². The Morgan fingerprint density at radius 3 is 1.89 bits per heavy atom. The van der Waals surface area contributed by atoms with E-state index in [4.69, 9.17) is 28.0 Å². The van der Waals surface area contributed by atoms with E-state index in [1.165, 1.54) is 0 Å². The zero-order valence-electron chi connectivity index (χ0n) is 20.2. The molecule has 0 saturated heterocycles. The summed E-state index contributed by atoms with van der Waals surface area (Å²) in [6.07, 6.45) is -1.45. The molecule has 0 saturated carbocycles. The maximum Gasteiger partial charge on any atom is 0.328 e. The van der Waals surface area contributed by atoms with Crippen LogP contribution in [0.1, 0.15) is 46.5 Å². The Hall–Kier alpha value is -3.46. The number of aliphatic hydroxyl groups is 1. The molecule has 0 heterocycles. The number of aliphatic hydroxyl groups excluding tert-OH is 1. The van der Waals surface area contributed by atoms with Crippen molar-refractivity contribution < 1.29 is 34.2 Å². The van der Waals surface area contributed by atoms with Gasteiger partial charge in [0.05, 0.1) is 18.6 Å². The van der Waals surface area contributed by atoms with Gasteiger partial charge in [-0.05, 0) is 32.1 Å². The number of hydrogen-bond donors (Lipinski definition) is 9. The normalized spacial score (nSPS) is 15.1. The first kappa shape index (κ1) is 31.5. The second-order valence-corrected chi connectivity index (χ2v) is 8.54. The van der Waals surface area contributed by atoms with Gasteiger partial charge in [-0.3, -0.25) is 24.2 Å². The highest BCUT2D eigenvalue weighted by Crippen LogP contribution is 2.06. The number of primary amides is 1. The minimum Gasteiger partial charge on any atom is -0.480 e. The second kappa shape index (κ2) is 15.4. The molecule has 0 spiro atoms. The molecule has 200 valence electrons. The molecule has 5 unspecified atom stereocenters. The van der Waals surface area contributed by atoms with Crippen LogP contribution in [0.25, 0.3) is 0 Å². The highest BCUT2D eigenvalue weighted by Gasteiger charge is 2.32. The van der Waals surface area contributed by atoms with Crippen LogP contribution in [-0.2, 0) is 24.0 Å². The standard InChI is InChI=1S/C20H38N8O7/c1-9(2)7-11(21)16(31)26-12(5-4-6-25-20(23)24)17(32)27-13(8-14(22)30)18(33)28-15(10(3)29)19(34)35/h9-13,15,29H,4-8,21H2,1-3H3,(H2,22,30)(H,26,31)(H,27,32)(H,28,33)(H,34,35)(H4,23,24,25). The fourth-order valence-electron chi connectivity index (χ4n) is 2.99. The highest BCUT2D eigenvalue weighted by molar-refractivity contribution is 5.96. The number of carboxylic acids is 1. The lowest BCUT2D eigenvalue weighted by atomic mass is 10.0. The Bertz CT molecular complexity index is 783. The number of nitrogens with two attached hydrogens (primary N) is 4. The van der Waals surface area contributed by atoms with Crippen molar-refractivity contribution in [1.82, 2.24) is 16.0 Å². The maximum atomic E-state index is 13.0. The van der Waals surface area contributed by atoms with Crippen molar-refractivity contribution >= 4 is 35.6 Å². The van der Waals surface area contributed by atoms with Crippen LogP contribution in [0.2, 0.25) is 0 Å². The Labute approximate surface area is 203 Å². The average molecular weight is 503 g/mol. The third-order valence-electron chi connectivity index (χ3n) is 4.72. The molecule has 0 fully saturated rings. The third-order valence-corrected chi connectivity index (χ3v) is 4.72. The molecule has 5 atom stereocenters. The van der Waals surface area contributed by atoms with Crippen molar-refractivity contribution in [2.45, 2.75) is 76.7 Å². The molecule has 0 aliphatic heterocycles. The summed E-state index contributed by atoms with van der Waals surface area (Å²) in [5, 5.41) is 25.6. The SMILES string of the molecule is CC(C)CC(N)C(=O)NC(CCCN=C(N)N)C(=O)NC(CC(N)=O)C(=O)NC(C(=O)O)C(C)O. The fraction of sp³-hybridized carbons (Fsp3) is 0.700. The summed E-state index contributed by atoms with van der Waals surface area (Å²) in [5.74, 6) is -5.03. The van der Waals surface area contributed by atoms with Gasteiger partial charge in [-0.25, -0.2) is 4.79 Å². The Kier molecular flexibility index (Phi) is 13.9. The summed E-state index contributed by atoms with van der Waals surface area (Å²) in [7, 11) is 0. The van der Waals surface area contributed by atoms with E-state index in [2.05, 4.69) is 15.6 Å². The molecule has 0 aliphatic carbocycles. The number of rotatable bonds is 16. The van der Waals surface area contributed by atoms with Gasteiger partial charge in [-0.2, -0.15) is 0 Å². The predicted molar refractivity (Wildman–Crippen MR) is 126 cm³/mol. The summed E-state index contributed by atoms with van der Waals surface area (Å²) in [6.45, 7) is 5.04. The van der Waals surface area contributed by atoms with Gasteiger partial charge in [0.25, 0.3) is 0 Å². The van der Waals surface area contributed by atoms with E-state index in [1.807, 2.05) is 19.2 Å². The van der Waals surface area contributed by atoms with E-state index in [1.54, 1.807) is 0 Å². The molecule has 0 aromatic heterocycles. The average Bonchev–Trinajstić information content (AvgIpc) is 2.71. The van der Waals surface area contributed by atoms with E-state index in [9.17, 15) is 29.1 Å². The molecule has 15 nitrogen and oxygen atoms in total. The molecule has 4 amide bonds. The number of aliphatic carboxylic acids is 1. The maximum absolute atomic E-state index is 13.0. The Morgan fingerprint density at radius 1 is 0.886 bits per heavy atom. The zero-order chi connectivity index (χ0) is 27.3. The first-order valence-electron chi connectivity index (χ1n) is 11.1. The monoisotopic (exact) mass is 502 g/mol. The summed E-state index contributed by atoms with van der Waals surface area (Å²) in [4.78, 5) is 64.6. The van der Waals surface area contributed by atoms with Crippen molar-refractivity contribution in [3.8, 4) is 0 Å². The summed E-state index contributed by atoms with van der Waals surface area (Å²) >= 11 is 0. The summed E-state index contributed by atoms with van der Waals surface area (Å²) < 4.78 is 0. The van der Waals surface area contributed by atoms with Gasteiger partial charge < -0.3 is 49.1 Å². The van der Waals surface area contributed by atoms with Gasteiger partial charge in [-0.1, -0.05) is 13.8 Å². The first-order chi connectivity index (χ1) is 16.1. The van der Waals surface area contributed by atoms with Gasteiger partial charge >= 0.3 is 5.97 Å². The van der Waals surface area contributed by atoms with E-state index in [-0.39, 0.29) is 31.3 Å². The number of carbonyl (C=O) groups is 5. The number of aliphatic imine (C=N–C) groups is 1. The van der Waals surface area contributed by atoms with E-state index >= 15 is 0 Å². The fourth-order valence-corrected chi connectivity index (χ4v) is 2.99. The Morgan fingerprint density at radius 2 is 1.43 bits per heavy atom. The number of carbonyl (C=O) groups excluding carboxylic acids is 4. The number of guanidine groups is 1. The van der Waals surface area contributed by atoms with Crippen LogP contribution in [0.5, 0.6) is 0 Å². The van der Waals surface area contributed by atoms with E-state index in [0.29, 0.717) is 6.42 Å². The van der Waals surface area contributed by atoms with Gasteiger partial charge in [0.15, 0.2) is 12.0 Å². The third kappa shape index (κ3) is 13.1. The highest BCUT2D eigenvalue weighted by atomic mass is 16.4. The molecule has 0 radical (unpaired) electrons. The molecule has 0 aromatic carbocycles. The molecule has 0 bridgehead atoms. The van der Waals surface area contributed by atoms with Crippen LogP contribution in [0.15, 0.2) is 4.99 Å².